The Morgan fingerprint density at radius 3 is 2.06 bits per heavy atom. The molecule has 0 aliphatic rings. The van der Waals surface area contributed by atoms with E-state index in [-0.39, 0.29) is 41.0 Å². The van der Waals surface area contributed by atoms with Crippen LogP contribution in [0.4, 0.5) is 5.69 Å². The summed E-state index contributed by atoms with van der Waals surface area (Å²) in [6, 6.07) is 25.0. The van der Waals surface area contributed by atoms with Crippen molar-refractivity contribution in [2.45, 2.75) is 50.6 Å². The molecular formula is C39H47N3O8S. The number of anilines is 1. The van der Waals surface area contributed by atoms with E-state index in [1.165, 1.54) is 57.6 Å². The predicted octanol–water partition coefficient (Wildman–Crippen LogP) is 5.78. The van der Waals surface area contributed by atoms with Gasteiger partial charge in [0, 0.05) is 31.6 Å². The number of hydrogen-bond acceptors (Lipinski definition) is 8. The third-order valence-corrected chi connectivity index (χ3v) is 10.2. The number of benzene rings is 4. The number of aryl methyl sites for hydroxylation is 1. The van der Waals surface area contributed by atoms with E-state index in [1.807, 2.05) is 68.4 Å². The Bertz CT molecular complexity index is 1870. The van der Waals surface area contributed by atoms with Crippen molar-refractivity contribution in [3.8, 4) is 23.0 Å². The van der Waals surface area contributed by atoms with Gasteiger partial charge in [0.25, 0.3) is 10.0 Å². The van der Waals surface area contributed by atoms with Crippen LogP contribution in [0.2, 0.25) is 0 Å². The molecule has 0 saturated heterocycles. The van der Waals surface area contributed by atoms with Crippen LogP contribution in [0, 0.1) is 6.92 Å². The molecule has 51 heavy (non-hydrogen) atoms. The molecule has 0 aliphatic heterocycles. The largest absolute Gasteiger partial charge is 0.497 e. The molecule has 1 atom stereocenters. The summed E-state index contributed by atoms with van der Waals surface area (Å²) in [7, 11) is 1.24. The second kappa shape index (κ2) is 18.1. The second-order valence-corrected chi connectivity index (χ2v) is 13.8. The lowest BCUT2D eigenvalue weighted by Crippen LogP contribution is -2.53. The zero-order valence-electron chi connectivity index (χ0n) is 30.0. The normalized spacial score (nSPS) is 11.6. The quantitative estimate of drug-likeness (QED) is 0.129. The maximum atomic E-state index is 14.8. The first-order valence-corrected chi connectivity index (χ1v) is 18.1. The molecule has 0 spiro atoms. The Morgan fingerprint density at radius 2 is 1.43 bits per heavy atom. The minimum atomic E-state index is -4.48. The third-order valence-electron chi connectivity index (χ3n) is 8.45. The average molecular weight is 718 g/mol. The SMILES string of the molecule is CCCCNC(=O)[C@H](Cc1ccccc1)N(Cc1ccc(C)cc1)C(=O)CN(c1cc(OC)ccc1OC)S(=O)(=O)c1ccc(OC)c(OC)c1. The molecule has 0 heterocycles. The first-order chi connectivity index (χ1) is 24.6. The summed E-state index contributed by atoms with van der Waals surface area (Å²) >= 11 is 0. The molecule has 2 amide bonds. The van der Waals surface area contributed by atoms with E-state index in [4.69, 9.17) is 18.9 Å². The topological polar surface area (TPSA) is 124 Å². The fraction of sp³-hybridized carbons (Fsp3) is 0.333. The van der Waals surface area contributed by atoms with Crippen molar-refractivity contribution in [2.75, 3.05) is 45.8 Å². The number of carbonyl (C=O) groups is 2. The lowest BCUT2D eigenvalue weighted by atomic mass is 10.0. The maximum absolute atomic E-state index is 14.8. The summed E-state index contributed by atoms with van der Waals surface area (Å²) in [5.41, 5.74) is 2.73. The van der Waals surface area contributed by atoms with Crippen LogP contribution in [-0.2, 0) is 32.6 Å². The van der Waals surface area contributed by atoms with Crippen molar-refractivity contribution >= 4 is 27.5 Å². The van der Waals surface area contributed by atoms with Gasteiger partial charge in [-0.2, -0.15) is 0 Å². The lowest BCUT2D eigenvalue weighted by Gasteiger charge is -2.34. The van der Waals surface area contributed by atoms with Crippen LogP contribution in [-0.4, -0.2) is 72.7 Å². The highest BCUT2D eigenvalue weighted by Gasteiger charge is 2.36. The molecule has 272 valence electrons. The summed E-state index contributed by atoms with van der Waals surface area (Å²) in [4.78, 5) is 30.2. The third kappa shape index (κ3) is 9.72. The van der Waals surface area contributed by atoms with Gasteiger partial charge in [-0.05, 0) is 48.7 Å². The van der Waals surface area contributed by atoms with Gasteiger partial charge in [-0.3, -0.25) is 13.9 Å². The smallest absolute Gasteiger partial charge is 0.265 e. The summed E-state index contributed by atoms with van der Waals surface area (Å²) in [6.07, 6.45) is 1.85. The van der Waals surface area contributed by atoms with Crippen LogP contribution in [0.25, 0.3) is 0 Å². The Labute approximate surface area is 301 Å². The van der Waals surface area contributed by atoms with Gasteiger partial charge >= 0.3 is 0 Å². The van der Waals surface area contributed by atoms with Gasteiger partial charge in [0.05, 0.1) is 39.0 Å². The first-order valence-electron chi connectivity index (χ1n) is 16.7. The highest BCUT2D eigenvalue weighted by Crippen LogP contribution is 2.38. The molecule has 0 radical (unpaired) electrons. The zero-order chi connectivity index (χ0) is 37.0. The number of methoxy groups -OCH3 is 4. The molecule has 0 aromatic heterocycles. The molecule has 4 rings (SSSR count). The molecule has 0 bridgehead atoms. The van der Waals surface area contributed by atoms with Crippen LogP contribution >= 0.6 is 0 Å². The van der Waals surface area contributed by atoms with E-state index in [2.05, 4.69) is 5.32 Å². The van der Waals surface area contributed by atoms with E-state index >= 15 is 0 Å². The average Bonchev–Trinajstić information content (AvgIpc) is 3.15. The summed E-state index contributed by atoms with van der Waals surface area (Å²) < 4.78 is 52.1. The van der Waals surface area contributed by atoms with E-state index in [0.29, 0.717) is 18.0 Å². The maximum Gasteiger partial charge on any atom is 0.265 e. The van der Waals surface area contributed by atoms with Crippen molar-refractivity contribution in [3.05, 3.63) is 108 Å². The summed E-state index contributed by atoms with van der Waals surface area (Å²) in [6.45, 7) is 3.82. The zero-order valence-corrected chi connectivity index (χ0v) is 30.9. The van der Waals surface area contributed by atoms with Crippen LogP contribution in [0.1, 0.15) is 36.5 Å². The van der Waals surface area contributed by atoms with Crippen molar-refractivity contribution in [2.24, 2.45) is 0 Å². The Hall–Kier alpha value is -5.23. The molecule has 1 N–H and O–H groups in total. The molecule has 0 fully saturated rings. The van der Waals surface area contributed by atoms with Crippen molar-refractivity contribution in [1.29, 1.82) is 0 Å². The molecule has 11 nitrogen and oxygen atoms in total. The minimum Gasteiger partial charge on any atom is -0.497 e. The molecule has 4 aromatic carbocycles. The second-order valence-electron chi connectivity index (χ2n) is 11.9. The van der Waals surface area contributed by atoms with Crippen LogP contribution in [0.5, 0.6) is 23.0 Å². The number of rotatable bonds is 18. The van der Waals surface area contributed by atoms with E-state index < -0.39 is 28.5 Å². The van der Waals surface area contributed by atoms with Crippen molar-refractivity contribution in [3.63, 3.8) is 0 Å². The van der Waals surface area contributed by atoms with Gasteiger partial charge < -0.3 is 29.2 Å². The number of nitrogens with one attached hydrogen (secondary N) is 1. The Balaban J connectivity index is 1.88. The number of amides is 2. The summed E-state index contributed by atoms with van der Waals surface area (Å²) in [5.74, 6) is 0.128. The predicted molar refractivity (Wildman–Crippen MR) is 197 cm³/mol. The number of nitrogens with zero attached hydrogens (tertiary/aromatic N) is 2. The van der Waals surface area contributed by atoms with Gasteiger partial charge in [0.1, 0.15) is 24.1 Å². The van der Waals surface area contributed by atoms with E-state index in [1.54, 1.807) is 12.1 Å². The molecule has 0 unspecified atom stereocenters. The van der Waals surface area contributed by atoms with Crippen LogP contribution in [0.3, 0.4) is 0 Å². The number of ether oxygens (including phenoxy) is 4. The molecule has 4 aromatic rings. The van der Waals surface area contributed by atoms with Gasteiger partial charge in [-0.1, -0.05) is 73.5 Å². The molecular weight excluding hydrogens is 671 g/mol. The molecule has 0 saturated carbocycles. The van der Waals surface area contributed by atoms with Gasteiger partial charge in [0.2, 0.25) is 11.8 Å². The number of carbonyl (C=O) groups excluding carboxylic acids is 2. The lowest BCUT2D eigenvalue weighted by molar-refractivity contribution is -0.140. The fourth-order valence-electron chi connectivity index (χ4n) is 5.56. The van der Waals surface area contributed by atoms with Crippen LogP contribution in [0.15, 0.2) is 95.9 Å². The monoisotopic (exact) mass is 717 g/mol. The highest BCUT2D eigenvalue weighted by molar-refractivity contribution is 7.92. The van der Waals surface area contributed by atoms with E-state index in [0.717, 1.165) is 33.8 Å². The van der Waals surface area contributed by atoms with Crippen LogP contribution < -0.4 is 28.6 Å². The molecule has 12 heteroatoms. The highest BCUT2D eigenvalue weighted by atomic mass is 32.2. The number of hydrogen-bond donors (Lipinski definition) is 1. The fourth-order valence-corrected chi connectivity index (χ4v) is 6.99. The van der Waals surface area contributed by atoms with Gasteiger partial charge in [-0.15, -0.1) is 0 Å². The van der Waals surface area contributed by atoms with Crippen molar-refractivity contribution < 1.29 is 37.0 Å². The minimum absolute atomic E-state index is 0.0529. The van der Waals surface area contributed by atoms with Gasteiger partial charge in [-0.25, -0.2) is 8.42 Å². The van der Waals surface area contributed by atoms with E-state index in [9.17, 15) is 18.0 Å². The Morgan fingerprint density at radius 1 is 0.765 bits per heavy atom. The van der Waals surface area contributed by atoms with Gasteiger partial charge in [0.15, 0.2) is 11.5 Å². The summed E-state index contributed by atoms with van der Waals surface area (Å²) in [5, 5.41) is 3.01. The molecule has 0 aliphatic carbocycles. The number of sulfonamides is 1. The van der Waals surface area contributed by atoms with Crippen molar-refractivity contribution in [1.82, 2.24) is 10.2 Å². The number of unbranched alkanes of at least 4 members (excludes halogenated alkanes) is 1. The Kier molecular flexibility index (Phi) is 13.7. The first kappa shape index (κ1) is 38.6. The standard InChI is InChI=1S/C39H47N3O8S/c1-7-8-22-40-39(44)34(23-29-12-10-9-11-13-29)41(26-30-16-14-28(2)15-17-30)38(43)27-42(33-24-31(47-3)18-20-35(33)48-4)51(45,46)32-19-21-36(49-5)37(25-32)50-6/h9-21,24-25,34H,7-8,22-23,26-27H2,1-6H3,(H,40,44)/t34-/m0/s1.